The first kappa shape index (κ1) is 9.72. The average Bonchev–Trinajstić information content (AvgIpc) is 2.62. The molecule has 0 radical (unpaired) electrons. The average molecular weight is 169 g/mol. The van der Waals surface area contributed by atoms with Gasteiger partial charge in [-0.1, -0.05) is 20.8 Å². The van der Waals surface area contributed by atoms with Crippen LogP contribution in [0.5, 0.6) is 0 Å². The number of hydrogen-bond acceptors (Lipinski definition) is 2. The molecule has 2 nitrogen and oxygen atoms in total. The van der Waals surface area contributed by atoms with E-state index in [4.69, 9.17) is 0 Å². The summed E-state index contributed by atoms with van der Waals surface area (Å²) in [5, 5.41) is 3.27. The fraction of sp³-hybridized carbons (Fsp3) is 0.900. The van der Waals surface area contributed by atoms with Crippen LogP contribution in [0.25, 0.3) is 0 Å². The maximum atomic E-state index is 11.1. The molecule has 1 saturated carbocycles. The first-order valence-electron chi connectivity index (χ1n) is 5.05. The van der Waals surface area contributed by atoms with Crippen LogP contribution in [0.1, 0.15) is 33.6 Å². The predicted molar refractivity (Wildman–Crippen MR) is 50.0 cm³/mol. The van der Waals surface area contributed by atoms with E-state index in [1.54, 1.807) is 0 Å². The lowest BCUT2D eigenvalue weighted by Gasteiger charge is -2.09. The topological polar surface area (TPSA) is 29.1 Å². The van der Waals surface area contributed by atoms with Gasteiger partial charge in [-0.25, -0.2) is 0 Å². The maximum Gasteiger partial charge on any atom is 0.150 e. The molecule has 2 fully saturated rings. The number of carbonyl (C=O) groups excluding carboxylic acids is 1. The summed E-state index contributed by atoms with van der Waals surface area (Å²) in [7, 11) is 0. The molecule has 2 heteroatoms. The van der Waals surface area contributed by atoms with Gasteiger partial charge in [0.2, 0.25) is 0 Å². The number of ketones is 1. The molecule has 0 aromatic carbocycles. The minimum Gasteiger partial charge on any atom is -0.307 e. The van der Waals surface area contributed by atoms with E-state index in [0.717, 1.165) is 25.3 Å². The molecule has 0 spiro atoms. The Kier molecular flexibility index (Phi) is 3.27. The molecule has 2 aliphatic rings. The first-order valence-corrected chi connectivity index (χ1v) is 5.05. The summed E-state index contributed by atoms with van der Waals surface area (Å²) in [4.78, 5) is 11.1. The minimum atomic E-state index is 0.231. The van der Waals surface area contributed by atoms with Crippen molar-refractivity contribution >= 4 is 5.78 Å². The van der Waals surface area contributed by atoms with Crippen molar-refractivity contribution in [3.8, 4) is 0 Å². The summed E-state index contributed by atoms with van der Waals surface area (Å²) < 4.78 is 0. The van der Waals surface area contributed by atoms with Gasteiger partial charge < -0.3 is 5.32 Å². The Morgan fingerprint density at radius 2 is 2.08 bits per heavy atom. The molecule has 1 heterocycles. The molecule has 1 aliphatic carbocycles. The molecule has 70 valence electrons. The Morgan fingerprint density at radius 1 is 1.42 bits per heavy atom. The van der Waals surface area contributed by atoms with Gasteiger partial charge in [0, 0.05) is 6.42 Å². The van der Waals surface area contributed by atoms with Gasteiger partial charge in [0.05, 0.1) is 6.04 Å². The number of fused-ring (bicyclic) bond motifs is 1. The van der Waals surface area contributed by atoms with Crippen molar-refractivity contribution in [2.45, 2.75) is 39.7 Å². The highest BCUT2D eigenvalue weighted by atomic mass is 16.1. The van der Waals surface area contributed by atoms with Crippen LogP contribution < -0.4 is 5.32 Å². The quantitative estimate of drug-likeness (QED) is 0.597. The lowest BCUT2D eigenvalue weighted by Crippen LogP contribution is -2.29. The van der Waals surface area contributed by atoms with Crippen LogP contribution in [-0.2, 0) is 4.79 Å². The second-order valence-corrected chi connectivity index (χ2v) is 3.53. The fourth-order valence-electron chi connectivity index (χ4n) is 2.21. The molecule has 12 heavy (non-hydrogen) atoms. The van der Waals surface area contributed by atoms with Gasteiger partial charge >= 0.3 is 0 Å². The van der Waals surface area contributed by atoms with Crippen molar-refractivity contribution in [1.29, 1.82) is 0 Å². The second-order valence-electron chi connectivity index (χ2n) is 3.53. The van der Waals surface area contributed by atoms with Gasteiger partial charge in [-0.15, -0.1) is 0 Å². The van der Waals surface area contributed by atoms with Crippen molar-refractivity contribution in [3.63, 3.8) is 0 Å². The van der Waals surface area contributed by atoms with Crippen LogP contribution in [-0.4, -0.2) is 18.4 Å². The van der Waals surface area contributed by atoms with Crippen LogP contribution in [0.3, 0.4) is 0 Å². The Bertz CT molecular complexity index is 167. The molecular formula is C10H19NO. The molecule has 2 rings (SSSR count). The van der Waals surface area contributed by atoms with Crippen molar-refractivity contribution in [3.05, 3.63) is 0 Å². The molecule has 0 aromatic heterocycles. The molecule has 0 bridgehead atoms. The monoisotopic (exact) mass is 169 g/mol. The largest absolute Gasteiger partial charge is 0.307 e. The van der Waals surface area contributed by atoms with Gasteiger partial charge in [0.1, 0.15) is 5.78 Å². The van der Waals surface area contributed by atoms with Crippen molar-refractivity contribution in [2.75, 3.05) is 6.54 Å². The third-order valence-electron chi connectivity index (χ3n) is 2.89. The molecule has 1 aliphatic heterocycles. The summed E-state index contributed by atoms with van der Waals surface area (Å²) in [5.74, 6) is 1.82. The Hall–Kier alpha value is -0.370. The highest BCUT2D eigenvalue weighted by molar-refractivity contribution is 5.86. The van der Waals surface area contributed by atoms with E-state index in [-0.39, 0.29) is 6.04 Å². The summed E-state index contributed by atoms with van der Waals surface area (Å²) in [5.41, 5.74) is 0. The van der Waals surface area contributed by atoms with E-state index >= 15 is 0 Å². The summed E-state index contributed by atoms with van der Waals surface area (Å²) >= 11 is 0. The molecule has 1 saturated heterocycles. The maximum absolute atomic E-state index is 11.1. The second kappa shape index (κ2) is 4.04. The molecule has 0 amide bonds. The first-order chi connectivity index (χ1) is 5.79. The summed E-state index contributed by atoms with van der Waals surface area (Å²) in [6, 6.07) is 0.231. The lowest BCUT2D eigenvalue weighted by molar-refractivity contribution is -0.119. The van der Waals surface area contributed by atoms with Gasteiger partial charge in [-0.3, -0.25) is 4.79 Å². The van der Waals surface area contributed by atoms with E-state index in [9.17, 15) is 4.79 Å². The number of rotatable bonds is 0. The predicted octanol–water partition coefficient (Wildman–Crippen LogP) is 1.60. The summed E-state index contributed by atoms with van der Waals surface area (Å²) in [6.07, 6.45) is 1.93. The van der Waals surface area contributed by atoms with Crippen molar-refractivity contribution in [1.82, 2.24) is 5.32 Å². The molecule has 1 N–H and O–H groups in total. The lowest BCUT2D eigenvalue weighted by atomic mass is 9.94. The highest BCUT2D eigenvalue weighted by Gasteiger charge is 2.41. The van der Waals surface area contributed by atoms with Crippen LogP contribution in [0, 0.1) is 11.8 Å². The van der Waals surface area contributed by atoms with E-state index in [0.29, 0.717) is 11.7 Å². The van der Waals surface area contributed by atoms with Gasteiger partial charge in [-0.05, 0) is 24.8 Å². The van der Waals surface area contributed by atoms with Crippen LogP contribution in [0.15, 0.2) is 0 Å². The third-order valence-corrected chi connectivity index (χ3v) is 2.89. The van der Waals surface area contributed by atoms with Crippen molar-refractivity contribution < 1.29 is 4.79 Å². The Labute approximate surface area is 74.7 Å². The Morgan fingerprint density at radius 3 is 2.67 bits per heavy atom. The normalized spacial score (nSPS) is 38.9. The Balaban J connectivity index is 0.000000336. The third kappa shape index (κ3) is 1.53. The van der Waals surface area contributed by atoms with Crippen LogP contribution >= 0.6 is 0 Å². The minimum absolute atomic E-state index is 0.231. The standard InChI is InChI=1S/C8H13NO.C2H6/c1-5-4-9-8-6(5)2-3-7(8)10;1-2/h5-6,8-9H,2-4H2,1H3;1-2H3. The molecule has 3 atom stereocenters. The van der Waals surface area contributed by atoms with Gasteiger partial charge in [0.15, 0.2) is 0 Å². The fourth-order valence-corrected chi connectivity index (χ4v) is 2.21. The number of hydrogen-bond donors (Lipinski definition) is 1. The zero-order chi connectivity index (χ0) is 9.14. The van der Waals surface area contributed by atoms with E-state index in [1.807, 2.05) is 13.8 Å². The van der Waals surface area contributed by atoms with Crippen LogP contribution in [0.2, 0.25) is 0 Å². The van der Waals surface area contributed by atoms with E-state index in [2.05, 4.69) is 12.2 Å². The summed E-state index contributed by atoms with van der Waals surface area (Å²) in [6.45, 7) is 7.28. The zero-order valence-electron chi connectivity index (χ0n) is 8.26. The van der Waals surface area contributed by atoms with E-state index < -0.39 is 0 Å². The van der Waals surface area contributed by atoms with Gasteiger partial charge in [-0.2, -0.15) is 0 Å². The van der Waals surface area contributed by atoms with Crippen molar-refractivity contribution in [2.24, 2.45) is 11.8 Å². The number of nitrogens with one attached hydrogen (secondary N) is 1. The van der Waals surface area contributed by atoms with E-state index in [1.165, 1.54) is 0 Å². The number of carbonyl (C=O) groups is 1. The SMILES string of the molecule is CC.CC1CNC2C(=O)CCC12. The molecule has 3 unspecified atom stereocenters. The molecule has 0 aromatic rings. The zero-order valence-corrected chi connectivity index (χ0v) is 8.26. The number of Topliss-reactive ketones (excluding diaryl/α,β-unsaturated/α-hetero) is 1. The van der Waals surface area contributed by atoms with Crippen LogP contribution in [0.4, 0.5) is 0 Å². The smallest absolute Gasteiger partial charge is 0.150 e. The molecular weight excluding hydrogens is 150 g/mol. The van der Waals surface area contributed by atoms with Gasteiger partial charge in [0.25, 0.3) is 0 Å². The highest BCUT2D eigenvalue weighted by Crippen LogP contribution is 2.33.